The van der Waals surface area contributed by atoms with Gasteiger partial charge in [-0.15, -0.1) is 0 Å². The van der Waals surface area contributed by atoms with Gasteiger partial charge >= 0.3 is 0 Å². The number of hydrogen-bond acceptors (Lipinski definition) is 6. The minimum Gasteiger partial charge on any atom is -0.470 e. The average Bonchev–Trinajstić information content (AvgIpc) is 2.78. The van der Waals surface area contributed by atoms with Gasteiger partial charge in [0.1, 0.15) is 6.10 Å². The summed E-state index contributed by atoms with van der Waals surface area (Å²) in [7, 11) is 0. The van der Waals surface area contributed by atoms with Crippen molar-refractivity contribution in [2.75, 3.05) is 0 Å². The molecule has 2 N–H and O–H groups in total. The second kappa shape index (κ2) is 9.28. The maximum Gasteiger partial charge on any atom is 0.271 e. The van der Waals surface area contributed by atoms with E-state index in [0.29, 0.717) is 5.88 Å². The third-order valence-corrected chi connectivity index (χ3v) is 4.17. The number of hydrogen-bond donors (Lipinski definition) is 2. The molecule has 0 aliphatic heterocycles. The molecular weight excluding hydrogens is 388 g/mol. The number of non-ortho nitro benzene ring substituents is 1. The highest BCUT2D eigenvalue weighted by molar-refractivity contribution is 5.99. The van der Waals surface area contributed by atoms with Crippen molar-refractivity contribution in [3.63, 3.8) is 0 Å². The molecule has 1 unspecified atom stereocenters. The van der Waals surface area contributed by atoms with Crippen LogP contribution in [0.2, 0.25) is 0 Å². The second-order valence-electron chi connectivity index (χ2n) is 6.27. The third-order valence-electron chi connectivity index (χ3n) is 4.17. The summed E-state index contributed by atoms with van der Waals surface area (Å²) in [6.07, 6.45) is 1.11. The van der Waals surface area contributed by atoms with Crippen molar-refractivity contribution in [3.05, 3.63) is 99.7 Å². The number of rotatable bonds is 6. The van der Waals surface area contributed by atoms with Gasteiger partial charge in [-0.05, 0) is 24.6 Å². The lowest BCUT2D eigenvalue weighted by molar-refractivity contribution is -0.384. The molecule has 3 aromatic rings. The fourth-order valence-electron chi connectivity index (χ4n) is 2.58. The Balaban J connectivity index is 1.56. The predicted molar refractivity (Wildman–Crippen MR) is 108 cm³/mol. The Hall–Kier alpha value is -4.27. The van der Waals surface area contributed by atoms with Crippen molar-refractivity contribution >= 4 is 17.5 Å². The number of ether oxygens (including phenoxy) is 1. The van der Waals surface area contributed by atoms with E-state index in [2.05, 4.69) is 15.8 Å². The zero-order chi connectivity index (χ0) is 21.5. The molecule has 9 heteroatoms. The van der Waals surface area contributed by atoms with Gasteiger partial charge in [0, 0.05) is 30.0 Å². The summed E-state index contributed by atoms with van der Waals surface area (Å²) in [6, 6.07) is 17.9. The number of nitro groups is 1. The lowest BCUT2D eigenvalue weighted by atomic mass is 10.1. The van der Waals surface area contributed by atoms with E-state index in [4.69, 9.17) is 4.74 Å². The molecule has 0 bridgehead atoms. The van der Waals surface area contributed by atoms with Crippen LogP contribution in [0.3, 0.4) is 0 Å². The number of benzene rings is 2. The first kappa shape index (κ1) is 20.5. The van der Waals surface area contributed by atoms with Crippen molar-refractivity contribution in [3.8, 4) is 5.88 Å². The monoisotopic (exact) mass is 406 g/mol. The molecule has 0 saturated heterocycles. The van der Waals surface area contributed by atoms with Crippen LogP contribution in [0.25, 0.3) is 0 Å². The van der Waals surface area contributed by atoms with E-state index in [0.717, 1.165) is 11.6 Å². The molecule has 152 valence electrons. The van der Waals surface area contributed by atoms with Crippen LogP contribution in [0, 0.1) is 10.1 Å². The van der Waals surface area contributed by atoms with Crippen LogP contribution >= 0.6 is 0 Å². The van der Waals surface area contributed by atoms with Crippen LogP contribution < -0.4 is 15.6 Å². The largest absolute Gasteiger partial charge is 0.470 e. The molecule has 0 aliphatic carbocycles. The Kier molecular flexibility index (Phi) is 6.33. The zero-order valence-corrected chi connectivity index (χ0v) is 15.9. The summed E-state index contributed by atoms with van der Waals surface area (Å²) >= 11 is 0. The van der Waals surface area contributed by atoms with E-state index < -0.39 is 16.7 Å². The van der Waals surface area contributed by atoms with Crippen LogP contribution in [0.5, 0.6) is 5.88 Å². The van der Waals surface area contributed by atoms with Gasteiger partial charge in [-0.25, -0.2) is 4.98 Å². The van der Waals surface area contributed by atoms with Crippen LogP contribution in [0.15, 0.2) is 72.9 Å². The molecule has 2 amide bonds. The van der Waals surface area contributed by atoms with Crippen LogP contribution in [0.4, 0.5) is 5.69 Å². The summed E-state index contributed by atoms with van der Waals surface area (Å²) in [4.78, 5) is 38.6. The molecule has 30 heavy (non-hydrogen) atoms. The topological polar surface area (TPSA) is 123 Å². The molecule has 1 heterocycles. The highest BCUT2D eigenvalue weighted by Crippen LogP contribution is 2.19. The quantitative estimate of drug-likeness (QED) is 0.479. The first-order valence-electron chi connectivity index (χ1n) is 8.97. The lowest BCUT2D eigenvalue weighted by Gasteiger charge is -2.14. The van der Waals surface area contributed by atoms with Crippen LogP contribution in [-0.4, -0.2) is 21.7 Å². The SMILES string of the molecule is CC(Oc1ccc(C(=O)NNC(=O)c2cccc([N+](=O)[O-])c2)cn1)c1ccccc1. The average molecular weight is 406 g/mol. The predicted octanol–water partition coefficient (Wildman–Crippen LogP) is 3.20. The van der Waals surface area contributed by atoms with Crippen molar-refractivity contribution in [1.82, 2.24) is 15.8 Å². The van der Waals surface area contributed by atoms with E-state index in [-0.39, 0.29) is 22.9 Å². The number of nitro benzene ring substituents is 1. The molecular formula is C21H18N4O5. The standard InChI is InChI=1S/C21H18N4O5/c1-14(15-6-3-2-4-7-15)30-19-11-10-17(13-22-19)21(27)24-23-20(26)16-8-5-9-18(12-16)25(28)29/h2-14H,1H3,(H,23,26)(H,24,27). The number of nitrogens with zero attached hydrogens (tertiary/aromatic N) is 2. The summed E-state index contributed by atoms with van der Waals surface area (Å²) in [5.74, 6) is -0.927. The Bertz CT molecular complexity index is 1050. The Morgan fingerprint density at radius 1 is 0.967 bits per heavy atom. The Labute approximate surface area is 171 Å². The van der Waals surface area contributed by atoms with Gasteiger partial charge in [-0.2, -0.15) is 0 Å². The third kappa shape index (κ3) is 5.16. The van der Waals surface area contributed by atoms with E-state index >= 15 is 0 Å². The van der Waals surface area contributed by atoms with Gasteiger partial charge < -0.3 is 4.74 Å². The van der Waals surface area contributed by atoms with E-state index in [1.165, 1.54) is 30.5 Å². The number of hydrazine groups is 1. The molecule has 3 rings (SSSR count). The number of carbonyl (C=O) groups excluding carboxylic acids is 2. The molecule has 2 aromatic carbocycles. The number of nitrogens with one attached hydrogen (secondary N) is 2. The number of pyridine rings is 1. The van der Waals surface area contributed by atoms with Gasteiger partial charge in [0.05, 0.1) is 10.5 Å². The van der Waals surface area contributed by atoms with E-state index in [1.54, 1.807) is 6.07 Å². The Morgan fingerprint density at radius 3 is 2.30 bits per heavy atom. The fourth-order valence-corrected chi connectivity index (χ4v) is 2.58. The van der Waals surface area contributed by atoms with E-state index in [9.17, 15) is 19.7 Å². The molecule has 0 aliphatic rings. The summed E-state index contributed by atoms with van der Waals surface area (Å²) < 4.78 is 5.75. The molecule has 0 saturated carbocycles. The normalized spacial score (nSPS) is 11.2. The van der Waals surface area contributed by atoms with Gasteiger partial charge in [0.2, 0.25) is 5.88 Å². The molecule has 1 aromatic heterocycles. The zero-order valence-electron chi connectivity index (χ0n) is 15.9. The summed E-state index contributed by atoms with van der Waals surface area (Å²) in [5, 5.41) is 10.8. The van der Waals surface area contributed by atoms with Gasteiger partial charge in [-0.3, -0.25) is 30.6 Å². The number of amides is 2. The summed E-state index contributed by atoms with van der Waals surface area (Å²) in [6.45, 7) is 1.89. The summed E-state index contributed by atoms with van der Waals surface area (Å²) in [5.41, 5.74) is 5.47. The van der Waals surface area contributed by atoms with E-state index in [1.807, 2.05) is 37.3 Å². The highest BCUT2D eigenvalue weighted by Gasteiger charge is 2.14. The first-order valence-corrected chi connectivity index (χ1v) is 8.97. The van der Waals surface area contributed by atoms with Gasteiger partial charge in [0.25, 0.3) is 17.5 Å². The molecule has 0 spiro atoms. The molecule has 1 atom stereocenters. The molecule has 9 nitrogen and oxygen atoms in total. The Morgan fingerprint density at radius 2 is 1.67 bits per heavy atom. The van der Waals surface area contributed by atoms with Gasteiger partial charge in [-0.1, -0.05) is 36.4 Å². The minimum absolute atomic E-state index is 0.0428. The maximum atomic E-state index is 12.2. The van der Waals surface area contributed by atoms with Crippen molar-refractivity contribution in [2.45, 2.75) is 13.0 Å². The van der Waals surface area contributed by atoms with Crippen molar-refractivity contribution < 1.29 is 19.2 Å². The van der Waals surface area contributed by atoms with Crippen LogP contribution in [0.1, 0.15) is 39.3 Å². The maximum absolute atomic E-state index is 12.2. The van der Waals surface area contributed by atoms with Gasteiger partial charge in [0.15, 0.2) is 0 Å². The fraction of sp³-hybridized carbons (Fsp3) is 0.0952. The number of aromatic nitrogens is 1. The lowest BCUT2D eigenvalue weighted by Crippen LogP contribution is -2.41. The highest BCUT2D eigenvalue weighted by atomic mass is 16.6. The first-order chi connectivity index (χ1) is 14.4. The molecule has 0 radical (unpaired) electrons. The molecule has 0 fully saturated rings. The second-order valence-corrected chi connectivity index (χ2v) is 6.27. The smallest absolute Gasteiger partial charge is 0.271 e. The van der Waals surface area contributed by atoms with Crippen molar-refractivity contribution in [2.24, 2.45) is 0 Å². The van der Waals surface area contributed by atoms with Crippen molar-refractivity contribution in [1.29, 1.82) is 0 Å². The minimum atomic E-state index is -0.684. The van der Waals surface area contributed by atoms with Crippen LogP contribution in [-0.2, 0) is 0 Å². The number of carbonyl (C=O) groups is 2.